The van der Waals surface area contributed by atoms with Crippen LogP contribution in [-0.2, 0) is 9.59 Å². The number of ether oxygens (including phenoxy) is 1. The predicted molar refractivity (Wildman–Crippen MR) is 64.7 cm³/mol. The van der Waals surface area contributed by atoms with Gasteiger partial charge in [-0.2, -0.15) is 8.78 Å². The number of hydrogen-bond acceptors (Lipinski definition) is 4. The van der Waals surface area contributed by atoms with Crippen LogP contribution in [0.1, 0.15) is 29.6 Å². The molecule has 0 atom stereocenters. The SMILES string of the molecule is O=C1CCCC(=O)C1C(=O)c1ccc(OC(F)F)cc1F. The Bertz CT molecular complexity index is 582. The first-order chi connectivity index (χ1) is 9.90. The van der Waals surface area contributed by atoms with Crippen LogP contribution in [-0.4, -0.2) is 24.0 Å². The Morgan fingerprint density at radius 1 is 1.19 bits per heavy atom. The molecule has 0 saturated heterocycles. The molecule has 0 N–H and O–H groups in total. The average Bonchev–Trinajstić information content (AvgIpc) is 2.37. The number of rotatable bonds is 4. The first-order valence-corrected chi connectivity index (χ1v) is 6.24. The Hall–Kier alpha value is -2.18. The van der Waals surface area contributed by atoms with Crippen LogP contribution in [0, 0.1) is 11.7 Å². The molecule has 0 aliphatic heterocycles. The van der Waals surface area contributed by atoms with Crippen LogP contribution < -0.4 is 4.74 Å². The van der Waals surface area contributed by atoms with Crippen molar-refractivity contribution in [2.24, 2.45) is 5.92 Å². The van der Waals surface area contributed by atoms with Crippen LogP contribution in [0.2, 0.25) is 0 Å². The predicted octanol–water partition coefficient (Wildman–Crippen LogP) is 2.55. The topological polar surface area (TPSA) is 60.4 Å². The van der Waals surface area contributed by atoms with Gasteiger partial charge in [0.15, 0.2) is 17.3 Å². The van der Waals surface area contributed by atoms with Crippen molar-refractivity contribution in [3.63, 3.8) is 0 Å². The van der Waals surface area contributed by atoms with E-state index in [9.17, 15) is 27.6 Å². The summed E-state index contributed by atoms with van der Waals surface area (Å²) in [6.07, 6.45) is 0.567. The monoisotopic (exact) mass is 300 g/mol. The zero-order chi connectivity index (χ0) is 15.6. The van der Waals surface area contributed by atoms with Gasteiger partial charge >= 0.3 is 6.61 Å². The third-order valence-corrected chi connectivity index (χ3v) is 3.18. The van der Waals surface area contributed by atoms with Gasteiger partial charge in [0, 0.05) is 18.9 Å². The number of halogens is 3. The van der Waals surface area contributed by atoms with Gasteiger partial charge in [-0.15, -0.1) is 0 Å². The van der Waals surface area contributed by atoms with Crippen LogP contribution in [0.5, 0.6) is 5.75 Å². The highest BCUT2D eigenvalue weighted by molar-refractivity contribution is 6.25. The maximum absolute atomic E-state index is 13.8. The first-order valence-electron chi connectivity index (χ1n) is 6.24. The molecule has 0 unspecified atom stereocenters. The van der Waals surface area contributed by atoms with E-state index >= 15 is 0 Å². The largest absolute Gasteiger partial charge is 0.435 e. The van der Waals surface area contributed by atoms with Gasteiger partial charge in [0.1, 0.15) is 17.5 Å². The molecule has 4 nitrogen and oxygen atoms in total. The quantitative estimate of drug-likeness (QED) is 0.633. The van der Waals surface area contributed by atoms with Crippen molar-refractivity contribution >= 4 is 17.3 Å². The number of hydrogen-bond donors (Lipinski definition) is 0. The number of alkyl halides is 2. The Balaban J connectivity index is 2.26. The molecule has 1 aliphatic carbocycles. The fraction of sp³-hybridized carbons (Fsp3) is 0.357. The van der Waals surface area contributed by atoms with E-state index in [2.05, 4.69) is 4.74 Å². The van der Waals surface area contributed by atoms with Gasteiger partial charge in [0.25, 0.3) is 0 Å². The molecule has 1 fully saturated rings. The lowest BCUT2D eigenvalue weighted by molar-refractivity contribution is -0.133. The van der Waals surface area contributed by atoms with E-state index in [1.807, 2.05) is 0 Å². The van der Waals surface area contributed by atoms with E-state index < -0.39 is 47.0 Å². The van der Waals surface area contributed by atoms with Gasteiger partial charge in [-0.05, 0) is 18.6 Å². The molecule has 7 heteroatoms. The summed E-state index contributed by atoms with van der Waals surface area (Å²) in [4.78, 5) is 35.4. The number of Topliss-reactive ketones (excluding diaryl/α,β-unsaturated/α-hetero) is 3. The third-order valence-electron chi connectivity index (χ3n) is 3.18. The van der Waals surface area contributed by atoms with E-state index in [0.29, 0.717) is 12.5 Å². The fourth-order valence-electron chi connectivity index (χ4n) is 2.22. The lowest BCUT2D eigenvalue weighted by Crippen LogP contribution is -2.35. The van der Waals surface area contributed by atoms with E-state index in [4.69, 9.17) is 0 Å². The lowest BCUT2D eigenvalue weighted by Gasteiger charge is -2.18. The van der Waals surface area contributed by atoms with Crippen molar-refractivity contribution in [1.82, 2.24) is 0 Å². The Labute approximate surface area is 117 Å². The standard InChI is InChI=1S/C14H11F3O4/c15-9-6-7(21-14(16)17)4-5-8(9)13(20)12-10(18)2-1-3-11(12)19/h4-6,12,14H,1-3H2. The molecule has 0 bridgehead atoms. The molecular formula is C14H11F3O4. The van der Waals surface area contributed by atoms with Crippen LogP contribution in [0.3, 0.4) is 0 Å². The van der Waals surface area contributed by atoms with Gasteiger partial charge in [-0.3, -0.25) is 14.4 Å². The van der Waals surface area contributed by atoms with Crippen molar-refractivity contribution in [3.8, 4) is 5.75 Å². The molecule has 1 saturated carbocycles. The van der Waals surface area contributed by atoms with Crippen molar-refractivity contribution in [2.45, 2.75) is 25.9 Å². The molecule has 112 valence electrons. The summed E-state index contributed by atoms with van der Waals surface area (Å²) < 4.78 is 41.8. The van der Waals surface area contributed by atoms with Crippen molar-refractivity contribution in [3.05, 3.63) is 29.6 Å². The Kier molecular flexibility index (Phi) is 4.40. The zero-order valence-corrected chi connectivity index (χ0v) is 10.8. The third kappa shape index (κ3) is 3.29. The van der Waals surface area contributed by atoms with E-state index in [-0.39, 0.29) is 12.8 Å². The first kappa shape index (κ1) is 15.2. The molecule has 0 radical (unpaired) electrons. The number of ketones is 3. The van der Waals surface area contributed by atoms with Gasteiger partial charge in [-0.1, -0.05) is 0 Å². The van der Waals surface area contributed by atoms with Crippen molar-refractivity contribution in [2.75, 3.05) is 0 Å². The smallest absolute Gasteiger partial charge is 0.387 e. The lowest BCUT2D eigenvalue weighted by atomic mass is 9.81. The second-order valence-electron chi connectivity index (χ2n) is 4.60. The summed E-state index contributed by atoms with van der Waals surface area (Å²) in [5, 5.41) is 0. The van der Waals surface area contributed by atoms with Gasteiger partial charge in [-0.25, -0.2) is 4.39 Å². The van der Waals surface area contributed by atoms with Gasteiger partial charge in [0.05, 0.1) is 5.56 Å². The Morgan fingerprint density at radius 2 is 1.81 bits per heavy atom. The maximum Gasteiger partial charge on any atom is 0.387 e. The molecule has 0 spiro atoms. The molecule has 2 rings (SSSR count). The molecule has 0 aromatic heterocycles. The summed E-state index contributed by atoms with van der Waals surface area (Å²) >= 11 is 0. The van der Waals surface area contributed by atoms with Crippen LogP contribution in [0.25, 0.3) is 0 Å². The van der Waals surface area contributed by atoms with E-state index in [1.165, 1.54) is 0 Å². The molecule has 0 amide bonds. The van der Waals surface area contributed by atoms with Crippen LogP contribution >= 0.6 is 0 Å². The highest BCUT2D eigenvalue weighted by Crippen LogP contribution is 2.25. The van der Waals surface area contributed by atoms with E-state index in [0.717, 1.165) is 12.1 Å². The fourth-order valence-corrected chi connectivity index (χ4v) is 2.22. The molecular weight excluding hydrogens is 289 g/mol. The molecule has 1 aromatic carbocycles. The van der Waals surface area contributed by atoms with Crippen LogP contribution in [0.4, 0.5) is 13.2 Å². The number of carbonyl (C=O) groups is 3. The molecule has 1 aliphatic rings. The van der Waals surface area contributed by atoms with Gasteiger partial charge < -0.3 is 4.74 Å². The van der Waals surface area contributed by atoms with E-state index in [1.54, 1.807) is 0 Å². The summed E-state index contributed by atoms with van der Waals surface area (Å²) in [5.74, 6) is -5.06. The zero-order valence-electron chi connectivity index (χ0n) is 10.8. The molecule has 0 heterocycles. The maximum atomic E-state index is 13.8. The summed E-state index contributed by atoms with van der Waals surface area (Å²) in [6, 6.07) is 2.54. The average molecular weight is 300 g/mol. The molecule has 21 heavy (non-hydrogen) atoms. The second kappa shape index (κ2) is 6.07. The summed E-state index contributed by atoms with van der Waals surface area (Å²) in [5.41, 5.74) is -0.481. The van der Waals surface area contributed by atoms with Crippen molar-refractivity contribution in [1.29, 1.82) is 0 Å². The minimum Gasteiger partial charge on any atom is -0.435 e. The normalized spacial score (nSPS) is 16.4. The highest BCUT2D eigenvalue weighted by Gasteiger charge is 2.37. The highest BCUT2D eigenvalue weighted by atomic mass is 19.3. The second-order valence-corrected chi connectivity index (χ2v) is 4.60. The summed E-state index contributed by atoms with van der Waals surface area (Å²) in [6.45, 7) is -3.12. The number of carbonyl (C=O) groups excluding carboxylic acids is 3. The minimum absolute atomic E-state index is 0.0936. The summed E-state index contributed by atoms with van der Waals surface area (Å²) in [7, 11) is 0. The van der Waals surface area contributed by atoms with Gasteiger partial charge in [0.2, 0.25) is 0 Å². The van der Waals surface area contributed by atoms with Crippen LogP contribution in [0.15, 0.2) is 18.2 Å². The molecule has 1 aromatic rings. The Morgan fingerprint density at radius 3 is 2.33 bits per heavy atom. The van der Waals surface area contributed by atoms with Crippen molar-refractivity contribution < 1.29 is 32.3 Å². The minimum atomic E-state index is -3.12. The number of benzene rings is 1.